The number of hydrogen-bond acceptors (Lipinski definition) is 3. The van der Waals surface area contributed by atoms with Crippen molar-refractivity contribution in [3.8, 4) is 11.3 Å². The summed E-state index contributed by atoms with van der Waals surface area (Å²) in [5.41, 5.74) is 5.30. The van der Waals surface area contributed by atoms with Gasteiger partial charge in [0.1, 0.15) is 0 Å². The number of hydrogen-bond donors (Lipinski definition) is 2. The van der Waals surface area contributed by atoms with Crippen molar-refractivity contribution in [1.29, 1.82) is 0 Å². The van der Waals surface area contributed by atoms with Gasteiger partial charge in [-0.15, -0.1) is 11.3 Å². The zero-order valence-corrected chi connectivity index (χ0v) is 19.1. The summed E-state index contributed by atoms with van der Waals surface area (Å²) in [5.74, 6) is 0. The van der Waals surface area contributed by atoms with Crippen molar-refractivity contribution in [3.63, 3.8) is 0 Å². The second kappa shape index (κ2) is 8.40. The molecule has 1 heterocycles. The lowest BCUT2D eigenvalue weighted by Crippen LogP contribution is -2.28. The van der Waals surface area contributed by atoms with Crippen LogP contribution in [0.3, 0.4) is 0 Å². The van der Waals surface area contributed by atoms with E-state index < -0.39 is 0 Å². The first-order chi connectivity index (χ1) is 14.3. The first-order valence-corrected chi connectivity index (χ1v) is 11.4. The van der Waals surface area contributed by atoms with E-state index in [1.807, 2.05) is 36.4 Å². The minimum atomic E-state index is -0.196. The molecule has 0 bridgehead atoms. The van der Waals surface area contributed by atoms with Crippen LogP contribution in [-0.2, 0) is 24.8 Å². The molecule has 30 heavy (non-hydrogen) atoms. The van der Waals surface area contributed by atoms with Gasteiger partial charge < -0.3 is 10.6 Å². The first kappa shape index (κ1) is 20.9. The average molecular weight is 440 g/mol. The summed E-state index contributed by atoms with van der Waals surface area (Å²) in [5, 5.41) is 7.76. The topological polar surface area (TPSA) is 54.0 Å². The molecule has 0 spiro atoms. The van der Waals surface area contributed by atoms with Crippen molar-refractivity contribution < 1.29 is 4.79 Å². The van der Waals surface area contributed by atoms with Crippen LogP contribution < -0.4 is 10.6 Å². The van der Waals surface area contributed by atoms with Gasteiger partial charge in [-0.1, -0.05) is 56.6 Å². The predicted molar refractivity (Wildman–Crippen MR) is 126 cm³/mol. The Hall–Kier alpha value is -2.37. The Balaban J connectivity index is 1.53. The normalized spacial score (nSPS) is 13.2. The third-order valence-electron chi connectivity index (χ3n) is 5.24. The molecule has 2 aromatic carbocycles. The Labute approximate surface area is 186 Å². The number of fused-ring (bicyclic) bond motifs is 1. The van der Waals surface area contributed by atoms with Crippen molar-refractivity contribution >= 4 is 34.7 Å². The van der Waals surface area contributed by atoms with E-state index in [2.05, 4.69) is 37.5 Å². The van der Waals surface area contributed by atoms with Crippen LogP contribution in [0, 0.1) is 0 Å². The SMILES string of the molecule is CC(C)(C)c1nc(-c2cccc(Cl)c2)c(CNC(=O)Nc2cccc3c2CCC3)s1. The number of benzene rings is 2. The minimum absolute atomic E-state index is 0.0664. The predicted octanol–water partition coefficient (Wildman–Crippen LogP) is 6.57. The van der Waals surface area contributed by atoms with E-state index in [0.717, 1.165) is 46.1 Å². The Bertz CT molecular complexity index is 1080. The van der Waals surface area contributed by atoms with Gasteiger partial charge in [0.25, 0.3) is 0 Å². The van der Waals surface area contributed by atoms with E-state index in [0.29, 0.717) is 11.6 Å². The van der Waals surface area contributed by atoms with Crippen LogP contribution in [0.1, 0.15) is 48.2 Å². The summed E-state index contributed by atoms with van der Waals surface area (Å²) >= 11 is 7.84. The van der Waals surface area contributed by atoms with Crippen molar-refractivity contribution in [2.45, 2.75) is 52.0 Å². The molecule has 0 atom stereocenters. The number of carbonyl (C=O) groups excluding carboxylic acids is 1. The summed E-state index contributed by atoms with van der Waals surface area (Å²) in [6.07, 6.45) is 3.26. The fraction of sp³-hybridized carbons (Fsp3) is 0.333. The van der Waals surface area contributed by atoms with Gasteiger partial charge in [-0.05, 0) is 48.6 Å². The number of nitrogens with one attached hydrogen (secondary N) is 2. The Morgan fingerprint density at radius 2 is 1.97 bits per heavy atom. The van der Waals surface area contributed by atoms with Crippen LogP contribution in [0.4, 0.5) is 10.5 Å². The van der Waals surface area contributed by atoms with Crippen molar-refractivity contribution in [1.82, 2.24) is 10.3 Å². The fourth-order valence-electron chi connectivity index (χ4n) is 3.72. The molecule has 4 nitrogen and oxygen atoms in total. The van der Waals surface area contributed by atoms with Gasteiger partial charge in [-0.2, -0.15) is 0 Å². The maximum atomic E-state index is 12.6. The minimum Gasteiger partial charge on any atom is -0.333 e. The number of rotatable bonds is 4. The van der Waals surface area contributed by atoms with Crippen LogP contribution in [0.2, 0.25) is 5.02 Å². The average Bonchev–Trinajstić information content (AvgIpc) is 3.34. The van der Waals surface area contributed by atoms with E-state index >= 15 is 0 Å². The number of anilines is 1. The van der Waals surface area contributed by atoms with Gasteiger partial charge in [-0.3, -0.25) is 0 Å². The number of thiazole rings is 1. The molecule has 0 aliphatic heterocycles. The van der Waals surface area contributed by atoms with Gasteiger partial charge in [0.2, 0.25) is 0 Å². The van der Waals surface area contributed by atoms with E-state index in [9.17, 15) is 4.79 Å². The van der Waals surface area contributed by atoms with Crippen LogP contribution in [0.5, 0.6) is 0 Å². The zero-order valence-electron chi connectivity index (χ0n) is 17.5. The van der Waals surface area contributed by atoms with Crippen molar-refractivity contribution in [2.24, 2.45) is 0 Å². The summed E-state index contributed by atoms with van der Waals surface area (Å²) < 4.78 is 0. The molecule has 1 aliphatic carbocycles. The summed E-state index contributed by atoms with van der Waals surface area (Å²) in [7, 11) is 0. The van der Waals surface area contributed by atoms with Crippen LogP contribution in [-0.4, -0.2) is 11.0 Å². The highest BCUT2D eigenvalue weighted by atomic mass is 35.5. The fourth-order valence-corrected chi connectivity index (χ4v) is 4.99. The number of halogens is 1. The molecule has 1 aromatic heterocycles. The lowest BCUT2D eigenvalue weighted by molar-refractivity contribution is 0.252. The second-order valence-corrected chi connectivity index (χ2v) is 10.2. The van der Waals surface area contributed by atoms with Gasteiger partial charge in [0, 0.05) is 21.7 Å². The van der Waals surface area contributed by atoms with Crippen LogP contribution in [0.25, 0.3) is 11.3 Å². The monoisotopic (exact) mass is 439 g/mol. The van der Waals surface area contributed by atoms with E-state index in [4.69, 9.17) is 16.6 Å². The van der Waals surface area contributed by atoms with Gasteiger partial charge in [0.15, 0.2) is 0 Å². The highest BCUT2D eigenvalue weighted by molar-refractivity contribution is 7.12. The Morgan fingerprint density at radius 1 is 1.17 bits per heavy atom. The summed E-state index contributed by atoms with van der Waals surface area (Å²) in [6, 6.07) is 13.6. The molecule has 6 heteroatoms. The number of aromatic nitrogens is 1. The van der Waals surface area contributed by atoms with E-state index in [1.165, 1.54) is 11.1 Å². The van der Waals surface area contributed by atoms with Crippen molar-refractivity contribution in [3.05, 3.63) is 68.5 Å². The highest BCUT2D eigenvalue weighted by Gasteiger charge is 2.23. The molecular weight excluding hydrogens is 414 g/mol. The van der Waals surface area contributed by atoms with Crippen molar-refractivity contribution in [2.75, 3.05) is 5.32 Å². The molecule has 1 aliphatic rings. The largest absolute Gasteiger partial charge is 0.333 e. The summed E-state index contributed by atoms with van der Waals surface area (Å²) in [4.78, 5) is 18.5. The smallest absolute Gasteiger partial charge is 0.319 e. The molecule has 156 valence electrons. The zero-order chi connectivity index (χ0) is 21.3. The van der Waals surface area contributed by atoms with Crippen LogP contribution >= 0.6 is 22.9 Å². The molecule has 2 amide bonds. The lowest BCUT2D eigenvalue weighted by atomic mass is 9.98. The van der Waals surface area contributed by atoms with Crippen LogP contribution in [0.15, 0.2) is 42.5 Å². The first-order valence-electron chi connectivity index (χ1n) is 10.2. The van der Waals surface area contributed by atoms with E-state index in [1.54, 1.807) is 11.3 Å². The third-order valence-corrected chi connectivity index (χ3v) is 6.96. The number of nitrogens with zero attached hydrogens (tertiary/aromatic N) is 1. The maximum Gasteiger partial charge on any atom is 0.319 e. The Morgan fingerprint density at radius 3 is 2.73 bits per heavy atom. The third kappa shape index (κ3) is 4.52. The van der Waals surface area contributed by atoms with Gasteiger partial charge in [-0.25, -0.2) is 9.78 Å². The second-order valence-electron chi connectivity index (χ2n) is 8.66. The number of urea groups is 1. The molecule has 4 rings (SSSR count). The molecule has 3 aromatic rings. The highest BCUT2D eigenvalue weighted by Crippen LogP contribution is 2.35. The Kier molecular flexibility index (Phi) is 5.85. The standard InChI is InChI=1S/C24H26ClN3OS/c1-24(2,3)22-28-21(16-9-4-10-17(25)13-16)20(30-22)14-26-23(29)27-19-12-6-8-15-7-5-11-18(15)19/h4,6,8-10,12-13H,5,7,11,14H2,1-3H3,(H2,26,27,29). The van der Waals surface area contributed by atoms with Gasteiger partial charge >= 0.3 is 6.03 Å². The number of amides is 2. The molecule has 0 fully saturated rings. The number of aryl methyl sites for hydroxylation is 1. The molecule has 0 radical (unpaired) electrons. The molecule has 0 saturated carbocycles. The molecule has 2 N–H and O–H groups in total. The maximum absolute atomic E-state index is 12.6. The quantitative estimate of drug-likeness (QED) is 0.482. The summed E-state index contributed by atoms with van der Waals surface area (Å²) in [6.45, 7) is 6.85. The number of carbonyl (C=O) groups is 1. The molecule has 0 saturated heterocycles. The van der Waals surface area contributed by atoms with Gasteiger partial charge in [0.05, 0.1) is 22.1 Å². The molecule has 0 unspecified atom stereocenters. The van der Waals surface area contributed by atoms with E-state index in [-0.39, 0.29) is 11.4 Å². The lowest BCUT2D eigenvalue weighted by Gasteiger charge is -2.13. The molecular formula is C24H26ClN3OS.